The zero-order valence-corrected chi connectivity index (χ0v) is 8.68. The number of benzene rings is 1. The molecule has 0 aliphatic carbocycles. The Bertz CT molecular complexity index is 495. The average molecular weight is 205 g/mol. The maximum Gasteiger partial charge on any atom is 0.488 e. The van der Waals surface area contributed by atoms with Crippen LogP contribution < -0.4 is 5.46 Å². The van der Waals surface area contributed by atoms with Gasteiger partial charge in [0.15, 0.2) is 0 Å². The summed E-state index contributed by atoms with van der Waals surface area (Å²) in [5, 5.41) is 26.3. The van der Waals surface area contributed by atoms with Gasteiger partial charge in [-0.1, -0.05) is 11.3 Å². The summed E-state index contributed by atoms with van der Waals surface area (Å²) >= 11 is 0. The highest BCUT2D eigenvalue weighted by atomic mass is 16.4. The van der Waals surface area contributed by atoms with Crippen LogP contribution in [-0.4, -0.2) is 32.2 Å². The number of hydrogen-bond acceptors (Lipinski definition) is 4. The van der Waals surface area contributed by atoms with E-state index >= 15 is 0 Å². The Morgan fingerprint density at radius 2 is 2.13 bits per heavy atom. The van der Waals surface area contributed by atoms with Gasteiger partial charge < -0.3 is 10.0 Å². The van der Waals surface area contributed by atoms with Crippen LogP contribution in [0.4, 0.5) is 0 Å². The van der Waals surface area contributed by atoms with Gasteiger partial charge in [0.2, 0.25) is 0 Å². The van der Waals surface area contributed by atoms with Crippen LogP contribution in [0.15, 0.2) is 12.1 Å². The van der Waals surface area contributed by atoms with Gasteiger partial charge in [-0.15, -0.1) is 5.10 Å². The average Bonchev–Trinajstić information content (AvgIpc) is 2.61. The first kappa shape index (κ1) is 10.1. The molecule has 0 radical (unpaired) electrons. The topological polar surface area (TPSA) is 71.2 Å². The molecular weight excluding hydrogens is 193 g/mol. The van der Waals surface area contributed by atoms with Crippen LogP contribution in [-0.2, 0) is 6.54 Å². The van der Waals surface area contributed by atoms with Crippen LogP contribution in [0.3, 0.4) is 0 Å². The highest BCUT2D eigenvalue weighted by molar-refractivity contribution is 6.59. The maximum atomic E-state index is 9.13. The smallest absolute Gasteiger partial charge is 0.423 e. The molecular formula is C9H12BN3O2. The standard InChI is InChI=1S/C9H12BN3O2/c1-3-13-8-5-4-7(10(14)15)6(2)9(8)11-12-13/h4-5,14-15H,3H2,1-2H3. The number of aromatic nitrogens is 3. The predicted octanol–water partition coefficient (Wildman–Crippen LogP) is -0.561. The quantitative estimate of drug-likeness (QED) is 0.644. The molecule has 78 valence electrons. The lowest BCUT2D eigenvalue weighted by Crippen LogP contribution is -2.32. The van der Waals surface area contributed by atoms with Crippen LogP contribution in [0.5, 0.6) is 0 Å². The first-order chi connectivity index (χ1) is 7.15. The molecule has 0 unspecified atom stereocenters. The highest BCUT2D eigenvalue weighted by Crippen LogP contribution is 2.13. The van der Waals surface area contributed by atoms with Crippen molar-refractivity contribution in [2.75, 3.05) is 0 Å². The molecule has 0 aliphatic heterocycles. The van der Waals surface area contributed by atoms with E-state index in [2.05, 4.69) is 10.3 Å². The zero-order chi connectivity index (χ0) is 11.0. The largest absolute Gasteiger partial charge is 0.488 e. The van der Waals surface area contributed by atoms with Crippen LogP contribution in [0.1, 0.15) is 12.5 Å². The summed E-state index contributed by atoms with van der Waals surface area (Å²) in [5.41, 5.74) is 2.88. The fourth-order valence-corrected chi connectivity index (χ4v) is 1.70. The monoisotopic (exact) mass is 205 g/mol. The Morgan fingerprint density at radius 1 is 1.40 bits per heavy atom. The van der Waals surface area contributed by atoms with E-state index < -0.39 is 7.12 Å². The zero-order valence-electron chi connectivity index (χ0n) is 8.68. The number of fused-ring (bicyclic) bond motifs is 1. The Balaban J connectivity index is 2.70. The summed E-state index contributed by atoms with van der Waals surface area (Å²) in [6.07, 6.45) is 0. The molecule has 5 nitrogen and oxygen atoms in total. The van der Waals surface area contributed by atoms with Crippen molar-refractivity contribution in [1.29, 1.82) is 0 Å². The van der Waals surface area contributed by atoms with E-state index in [4.69, 9.17) is 10.0 Å². The van der Waals surface area contributed by atoms with E-state index in [1.165, 1.54) is 0 Å². The highest BCUT2D eigenvalue weighted by Gasteiger charge is 2.17. The molecule has 0 amide bonds. The van der Waals surface area contributed by atoms with Crippen LogP contribution >= 0.6 is 0 Å². The third-order valence-corrected chi connectivity index (χ3v) is 2.56. The molecule has 15 heavy (non-hydrogen) atoms. The maximum absolute atomic E-state index is 9.13. The second-order valence-electron chi connectivity index (χ2n) is 3.43. The molecule has 0 saturated heterocycles. The molecule has 0 spiro atoms. The second-order valence-corrected chi connectivity index (χ2v) is 3.43. The fraction of sp³-hybridized carbons (Fsp3) is 0.333. The van der Waals surface area contributed by atoms with Crippen LogP contribution in [0, 0.1) is 6.92 Å². The number of rotatable bonds is 2. The van der Waals surface area contributed by atoms with E-state index in [0.717, 1.165) is 23.1 Å². The SMILES string of the molecule is CCn1nnc2c(C)c(B(O)O)ccc21. The normalized spacial score (nSPS) is 10.9. The molecule has 0 saturated carbocycles. The Labute approximate surface area is 87.5 Å². The van der Waals surface area contributed by atoms with Gasteiger partial charge in [0.25, 0.3) is 0 Å². The van der Waals surface area contributed by atoms with E-state index in [-0.39, 0.29) is 0 Å². The first-order valence-electron chi connectivity index (χ1n) is 4.84. The summed E-state index contributed by atoms with van der Waals surface area (Å²) in [6.45, 7) is 4.54. The Morgan fingerprint density at radius 3 is 2.73 bits per heavy atom. The van der Waals surface area contributed by atoms with Crippen molar-refractivity contribution in [3.05, 3.63) is 17.7 Å². The van der Waals surface area contributed by atoms with Gasteiger partial charge in [-0.2, -0.15) is 0 Å². The summed E-state index contributed by atoms with van der Waals surface area (Å²) in [7, 11) is -1.46. The number of nitrogens with zero attached hydrogens (tertiary/aromatic N) is 3. The van der Waals surface area contributed by atoms with Crippen molar-refractivity contribution in [1.82, 2.24) is 15.0 Å². The third kappa shape index (κ3) is 1.51. The van der Waals surface area contributed by atoms with Gasteiger partial charge in [-0.25, -0.2) is 4.68 Å². The van der Waals surface area contributed by atoms with Gasteiger partial charge >= 0.3 is 7.12 Å². The summed E-state index contributed by atoms with van der Waals surface area (Å²) < 4.78 is 1.77. The van der Waals surface area contributed by atoms with E-state index in [1.807, 2.05) is 13.8 Å². The van der Waals surface area contributed by atoms with Crippen molar-refractivity contribution in [3.8, 4) is 0 Å². The molecule has 0 fully saturated rings. The minimum absolute atomic E-state index is 0.477. The number of hydrogen-bond donors (Lipinski definition) is 2. The molecule has 0 atom stereocenters. The molecule has 2 aromatic rings. The van der Waals surface area contributed by atoms with Crippen LogP contribution in [0.2, 0.25) is 0 Å². The second kappa shape index (κ2) is 3.64. The minimum atomic E-state index is -1.46. The Hall–Kier alpha value is -1.40. The number of aryl methyl sites for hydroxylation is 2. The van der Waals surface area contributed by atoms with Crippen molar-refractivity contribution < 1.29 is 10.0 Å². The lowest BCUT2D eigenvalue weighted by molar-refractivity contribution is 0.425. The van der Waals surface area contributed by atoms with Gasteiger partial charge in [0.05, 0.1) is 5.52 Å². The lowest BCUT2D eigenvalue weighted by atomic mass is 9.77. The van der Waals surface area contributed by atoms with E-state index in [0.29, 0.717) is 5.46 Å². The summed E-state index contributed by atoms with van der Waals surface area (Å²) in [6, 6.07) is 3.50. The lowest BCUT2D eigenvalue weighted by Gasteiger charge is -2.04. The molecule has 1 aromatic heterocycles. The first-order valence-corrected chi connectivity index (χ1v) is 4.84. The van der Waals surface area contributed by atoms with Gasteiger partial charge in [-0.05, 0) is 30.9 Å². The molecule has 2 N–H and O–H groups in total. The summed E-state index contributed by atoms with van der Waals surface area (Å²) in [5.74, 6) is 0. The van der Waals surface area contributed by atoms with Crippen molar-refractivity contribution in [2.45, 2.75) is 20.4 Å². The van der Waals surface area contributed by atoms with Crippen molar-refractivity contribution in [3.63, 3.8) is 0 Å². The minimum Gasteiger partial charge on any atom is -0.423 e. The predicted molar refractivity (Wildman–Crippen MR) is 57.8 cm³/mol. The van der Waals surface area contributed by atoms with E-state index in [1.54, 1.807) is 16.8 Å². The fourth-order valence-electron chi connectivity index (χ4n) is 1.70. The molecule has 1 aromatic carbocycles. The molecule has 2 rings (SSSR count). The van der Waals surface area contributed by atoms with Gasteiger partial charge in [-0.3, -0.25) is 0 Å². The van der Waals surface area contributed by atoms with Crippen molar-refractivity contribution in [2.24, 2.45) is 0 Å². The molecule has 1 heterocycles. The van der Waals surface area contributed by atoms with E-state index in [9.17, 15) is 0 Å². The van der Waals surface area contributed by atoms with Gasteiger partial charge in [0.1, 0.15) is 5.52 Å². The third-order valence-electron chi connectivity index (χ3n) is 2.56. The molecule has 0 aliphatic rings. The van der Waals surface area contributed by atoms with Crippen molar-refractivity contribution >= 4 is 23.6 Å². The van der Waals surface area contributed by atoms with Crippen LogP contribution in [0.25, 0.3) is 11.0 Å². The molecule has 6 heteroatoms. The Kier molecular flexibility index (Phi) is 2.46. The summed E-state index contributed by atoms with van der Waals surface area (Å²) in [4.78, 5) is 0. The van der Waals surface area contributed by atoms with Gasteiger partial charge in [0, 0.05) is 6.54 Å². The molecule has 0 bridgehead atoms.